The Hall–Kier alpha value is -2.79. The lowest BCUT2D eigenvalue weighted by molar-refractivity contribution is -0.274. The minimum atomic E-state index is -4.76. The molecule has 1 amide bonds. The van der Waals surface area contributed by atoms with Crippen LogP contribution < -0.4 is 4.74 Å². The zero-order chi connectivity index (χ0) is 21.9. The molecule has 0 spiro atoms. The monoisotopic (exact) mass is 457 g/mol. The number of aliphatic carboxylic acids is 1. The summed E-state index contributed by atoms with van der Waals surface area (Å²) in [5.41, 5.74) is 0.533. The lowest BCUT2D eigenvalue weighted by atomic mass is 10.2. The molecular formula is C19H14F3NO5S2. The number of thioether (sulfide) groups is 1. The van der Waals surface area contributed by atoms with Crippen molar-refractivity contribution in [3.63, 3.8) is 0 Å². The largest absolute Gasteiger partial charge is 0.573 e. The fourth-order valence-electron chi connectivity index (χ4n) is 2.62. The molecule has 1 N–H and O–H groups in total. The molecule has 3 rings (SSSR count). The third kappa shape index (κ3) is 5.63. The molecule has 0 radical (unpaired) electrons. The average Bonchev–Trinajstić information content (AvgIpc) is 3.21. The van der Waals surface area contributed by atoms with E-state index in [1.165, 1.54) is 35.2 Å². The molecule has 1 fully saturated rings. The van der Waals surface area contributed by atoms with Crippen molar-refractivity contribution in [2.24, 2.45) is 0 Å². The van der Waals surface area contributed by atoms with Crippen LogP contribution in [0, 0.1) is 0 Å². The maximum atomic E-state index is 12.5. The SMILES string of the molecule is O=C(O)CCCN1C(=O)C(=Cc2ccc(-c3ccc(OC(F)(F)F)cc3)o2)SC1=S. The fourth-order valence-corrected chi connectivity index (χ4v) is 3.91. The van der Waals surface area contributed by atoms with Gasteiger partial charge in [-0.2, -0.15) is 0 Å². The van der Waals surface area contributed by atoms with Gasteiger partial charge in [0.2, 0.25) is 0 Å². The highest BCUT2D eigenvalue weighted by molar-refractivity contribution is 8.26. The van der Waals surface area contributed by atoms with Crippen molar-refractivity contribution in [1.82, 2.24) is 4.90 Å². The summed E-state index contributed by atoms with van der Waals surface area (Å²) in [4.78, 5) is 24.8. The van der Waals surface area contributed by atoms with Gasteiger partial charge in [-0.1, -0.05) is 24.0 Å². The summed E-state index contributed by atoms with van der Waals surface area (Å²) in [6.45, 7) is 0.212. The molecule has 1 aliphatic heterocycles. The van der Waals surface area contributed by atoms with E-state index in [4.69, 9.17) is 21.7 Å². The van der Waals surface area contributed by atoms with Crippen LogP contribution in [-0.2, 0) is 9.59 Å². The first-order chi connectivity index (χ1) is 14.1. The number of furan rings is 1. The minimum Gasteiger partial charge on any atom is -0.481 e. The van der Waals surface area contributed by atoms with Crippen molar-refractivity contribution in [2.75, 3.05) is 6.54 Å². The van der Waals surface area contributed by atoms with Crippen LogP contribution in [0.1, 0.15) is 18.6 Å². The van der Waals surface area contributed by atoms with E-state index in [1.807, 2.05) is 0 Å². The number of amides is 1. The number of benzene rings is 1. The smallest absolute Gasteiger partial charge is 0.481 e. The Labute approximate surface area is 178 Å². The zero-order valence-corrected chi connectivity index (χ0v) is 16.8. The third-order valence-electron chi connectivity index (χ3n) is 3.92. The van der Waals surface area contributed by atoms with Gasteiger partial charge in [0.1, 0.15) is 21.6 Å². The van der Waals surface area contributed by atoms with Crippen molar-refractivity contribution < 1.29 is 37.0 Å². The molecule has 0 aliphatic carbocycles. The second kappa shape index (κ2) is 8.92. The summed E-state index contributed by atoms with van der Waals surface area (Å²) in [6, 6.07) is 8.43. The van der Waals surface area contributed by atoms with E-state index < -0.39 is 12.3 Å². The van der Waals surface area contributed by atoms with Crippen LogP contribution in [0.2, 0.25) is 0 Å². The van der Waals surface area contributed by atoms with Crippen LogP contribution in [0.5, 0.6) is 5.75 Å². The van der Waals surface area contributed by atoms with Gasteiger partial charge < -0.3 is 14.3 Å². The molecule has 1 aliphatic rings. The predicted molar refractivity (Wildman–Crippen MR) is 108 cm³/mol. The second-order valence-corrected chi connectivity index (χ2v) is 7.78. The molecule has 2 heterocycles. The number of hydrogen-bond donors (Lipinski definition) is 1. The topological polar surface area (TPSA) is 80.0 Å². The van der Waals surface area contributed by atoms with Gasteiger partial charge in [-0.3, -0.25) is 14.5 Å². The standard InChI is InChI=1S/C19H14F3NO5S2/c20-19(21,22)28-12-5-3-11(4-6-12)14-8-7-13(27-14)10-15-17(26)23(18(29)30-15)9-1-2-16(24)25/h3-8,10H,1-2,9H2,(H,24,25). The normalized spacial score (nSPS) is 15.8. The van der Waals surface area contributed by atoms with Gasteiger partial charge in [0.05, 0.1) is 4.91 Å². The highest BCUT2D eigenvalue weighted by Crippen LogP contribution is 2.34. The Kier molecular flexibility index (Phi) is 6.52. The van der Waals surface area contributed by atoms with Crippen molar-refractivity contribution in [2.45, 2.75) is 19.2 Å². The summed E-state index contributed by atoms with van der Waals surface area (Å²) in [5.74, 6) is -0.855. The molecule has 0 saturated carbocycles. The van der Waals surface area contributed by atoms with Crippen LogP contribution in [0.15, 0.2) is 45.7 Å². The minimum absolute atomic E-state index is 0.0650. The molecule has 6 nitrogen and oxygen atoms in total. The summed E-state index contributed by atoms with van der Waals surface area (Å²) in [6.07, 6.45) is -3.03. The fraction of sp³-hybridized carbons (Fsp3) is 0.211. The van der Waals surface area contributed by atoms with Gasteiger partial charge in [-0.05, 0) is 42.8 Å². The Morgan fingerprint density at radius 3 is 2.57 bits per heavy atom. The number of halogens is 3. The molecule has 30 heavy (non-hydrogen) atoms. The zero-order valence-electron chi connectivity index (χ0n) is 15.1. The van der Waals surface area contributed by atoms with E-state index in [0.29, 0.717) is 26.3 Å². The second-order valence-electron chi connectivity index (χ2n) is 6.10. The Balaban J connectivity index is 1.69. The molecule has 0 unspecified atom stereocenters. The van der Waals surface area contributed by atoms with Crippen LogP contribution in [0.25, 0.3) is 17.4 Å². The molecule has 158 valence electrons. The summed E-state index contributed by atoms with van der Waals surface area (Å²) < 4.78 is 46.5. The number of rotatable bonds is 7. The van der Waals surface area contributed by atoms with Crippen LogP contribution in [0.3, 0.4) is 0 Å². The van der Waals surface area contributed by atoms with Crippen molar-refractivity contribution in [3.8, 4) is 17.1 Å². The number of alkyl halides is 3. The highest BCUT2D eigenvalue weighted by Gasteiger charge is 2.32. The molecule has 1 aromatic carbocycles. The number of hydrogen-bond acceptors (Lipinski definition) is 6. The molecule has 11 heteroatoms. The molecule has 0 atom stereocenters. The number of carbonyl (C=O) groups is 2. The number of carbonyl (C=O) groups excluding carboxylic acids is 1. The van der Waals surface area contributed by atoms with E-state index in [1.54, 1.807) is 12.1 Å². The summed E-state index contributed by atoms with van der Waals surface area (Å²) in [7, 11) is 0. The maximum absolute atomic E-state index is 12.5. The maximum Gasteiger partial charge on any atom is 0.573 e. The first-order valence-corrected chi connectivity index (χ1v) is 9.78. The quantitative estimate of drug-likeness (QED) is 0.467. The molecule has 1 aromatic heterocycles. The van der Waals surface area contributed by atoms with Gasteiger partial charge in [0, 0.05) is 24.6 Å². The van der Waals surface area contributed by atoms with Gasteiger partial charge in [-0.15, -0.1) is 13.2 Å². The molecular weight excluding hydrogens is 443 g/mol. The lowest BCUT2D eigenvalue weighted by Gasteiger charge is -2.13. The number of carboxylic acid groups (broad SMARTS) is 1. The van der Waals surface area contributed by atoms with Crippen molar-refractivity contribution in [1.29, 1.82) is 0 Å². The van der Waals surface area contributed by atoms with Gasteiger partial charge >= 0.3 is 12.3 Å². The van der Waals surface area contributed by atoms with E-state index in [-0.39, 0.29) is 31.0 Å². The van der Waals surface area contributed by atoms with Crippen molar-refractivity contribution >= 4 is 46.3 Å². The molecule has 0 bridgehead atoms. The third-order valence-corrected chi connectivity index (χ3v) is 5.30. The lowest BCUT2D eigenvalue weighted by Crippen LogP contribution is -2.29. The average molecular weight is 457 g/mol. The number of thiocarbonyl (C=S) groups is 1. The number of nitrogens with zero attached hydrogens (tertiary/aromatic N) is 1. The van der Waals surface area contributed by atoms with Crippen LogP contribution in [-0.4, -0.2) is 39.1 Å². The van der Waals surface area contributed by atoms with Crippen LogP contribution in [0.4, 0.5) is 13.2 Å². The molecule has 2 aromatic rings. The Morgan fingerprint density at radius 1 is 1.23 bits per heavy atom. The number of carboxylic acids is 1. The van der Waals surface area contributed by atoms with E-state index in [2.05, 4.69) is 4.74 Å². The van der Waals surface area contributed by atoms with E-state index in [0.717, 1.165) is 11.8 Å². The van der Waals surface area contributed by atoms with Gasteiger partial charge in [0.25, 0.3) is 5.91 Å². The van der Waals surface area contributed by atoms with Crippen molar-refractivity contribution in [3.05, 3.63) is 47.1 Å². The Bertz CT molecular complexity index is 998. The Morgan fingerprint density at radius 2 is 1.93 bits per heavy atom. The van der Waals surface area contributed by atoms with Crippen LogP contribution >= 0.6 is 24.0 Å². The predicted octanol–water partition coefficient (Wildman–Crippen LogP) is 4.91. The van der Waals surface area contributed by atoms with E-state index in [9.17, 15) is 22.8 Å². The first-order valence-electron chi connectivity index (χ1n) is 8.55. The van der Waals surface area contributed by atoms with Gasteiger partial charge in [-0.25, -0.2) is 0 Å². The summed E-state index contributed by atoms with van der Waals surface area (Å²) in [5, 5.41) is 8.71. The highest BCUT2D eigenvalue weighted by atomic mass is 32.2. The summed E-state index contributed by atoms with van der Waals surface area (Å²) >= 11 is 6.26. The van der Waals surface area contributed by atoms with E-state index >= 15 is 0 Å². The number of ether oxygens (including phenoxy) is 1. The van der Waals surface area contributed by atoms with Gasteiger partial charge in [0.15, 0.2) is 0 Å². The first kappa shape index (κ1) is 21.9. The molecule has 1 saturated heterocycles.